The van der Waals surface area contributed by atoms with Gasteiger partial charge in [-0.05, 0) is 97.8 Å². The van der Waals surface area contributed by atoms with Gasteiger partial charge in [0.05, 0.1) is 17.2 Å². The monoisotopic (exact) mass is 624 g/mol. The van der Waals surface area contributed by atoms with Gasteiger partial charge in [-0.3, -0.25) is 0 Å². The summed E-state index contributed by atoms with van der Waals surface area (Å²) in [6.45, 7) is 11.5. The molecule has 5 heteroatoms. The lowest BCUT2D eigenvalue weighted by Crippen LogP contribution is -2.53. The van der Waals surface area contributed by atoms with Crippen molar-refractivity contribution in [2.45, 2.75) is 104 Å². The molecule has 2 aromatic rings. The first kappa shape index (κ1) is 32.7. The Hall–Kier alpha value is -3.18. The quantitative estimate of drug-likeness (QED) is 0.282. The largest absolute Gasteiger partial charge is 0.459 e. The third kappa shape index (κ3) is 6.01. The molecule has 0 unspecified atom stereocenters. The molecule has 4 aliphatic carbocycles. The fourth-order valence-electron chi connectivity index (χ4n) is 9.83. The number of carbonyl (C=O) groups excluding carboxylic acids is 2. The Bertz CT molecular complexity index is 1460. The summed E-state index contributed by atoms with van der Waals surface area (Å²) in [5.74, 6) is 1.72. The van der Waals surface area contributed by atoms with Crippen molar-refractivity contribution >= 4 is 11.9 Å². The summed E-state index contributed by atoms with van der Waals surface area (Å²) < 4.78 is 11.9. The van der Waals surface area contributed by atoms with Gasteiger partial charge in [0, 0.05) is 18.3 Å². The molecule has 0 saturated heterocycles. The number of aliphatic hydroxyl groups is 1. The minimum atomic E-state index is -0.554. The van der Waals surface area contributed by atoms with E-state index in [4.69, 9.17) is 9.47 Å². The smallest absolute Gasteiger partial charge is 0.338 e. The van der Waals surface area contributed by atoms with E-state index in [0.29, 0.717) is 47.6 Å². The van der Waals surface area contributed by atoms with Crippen molar-refractivity contribution < 1.29 is 24.2 Å². The van der Waals surface area contributed by atoms with Crippen LogP contribution >= 0.6 is 0 Å². The Morgan fingerprint density at radius 2 is 1.50 bits per heavy atom. The molecular formula is C41H52O5. The molecule has 246 valence electrons. The first-order valence-corrected chi connectivity index (χ1v) is 17.6. The van der Waals surface area contributed by atoms with Crippen LogP contribution in [0.3, 0.4) is 0 Å². The molecule has 9 atom stereocenters. The lowest BCUT2D eigenvalue weighted by atomic mass is 9.49. The van der Waals surface area contributed by atoms with Crippen molar-refractivity contribution in [3.63, 3.8) is 0 Å². The molecule has 3 saturated carbocycles. The Labute approximate surface area is 275 Å². The molecule has 1 N–H and O–H groups in total. The average molecular weight is 625 g/mol. The molecule has 0 radical (unpaired) electrons. The van der Waals surface area contributed by atoms with Crippen molar-refractivity contribution in [1.82, 2.24) is 0 Å². The Kier molecular flexibility index (Phi) is 9.36. The highest BCUT2D eigenvalue weighted by Crippen LogP contribution is 2.66. The minimum Gasteiger partial charge on any atom is -0.459 e. The van der Waals surface area contributed by atoms with Crippen LogP contribution in [0.4, 0.5) is 0 Å². The molecule has 3 fully saturated rings. The van der Waals surface area contributed by atoms with Crippen molar-refractivity contribution in [2.75, 3.05) is 0 Å². The highest BCUT2D eigenvalue weighted by Gasteiger charge is 2.59. The first-order valence-electron chi connectivity index (χ1n) is 17.6. The van der Waals surface area contributed by atoms with Gasteiger partial charge in [0.25, 0.3) is 0 Å². The number of hydrogen-bond donors (Lipinski definition) is 1. The summed E-state index contributed by atoms with van der Waals surface area (Å²) in [4.78, 5) is 25.6. The predicted molar refractivity (Wildman–Crippen MR) is 181 cm³/mol. The van der Waals surface area contributed by atoms with Crippen LogP contribution in [-0.2, 0) is 9.47 Å². The van der Waals surface area contributed by atoms with Gasteiger partial charge in [0.15, 0.2) is 0 Å². The number of rotatable bonds is 9. The van der Waals surface area contributed by atoms with Gasteiger partial charge in [-0.2, -0.15) is 0 Å². The highest BCUT2D eigenvalue weighted by atomic mass is 16.5. The molecule has 0 bridgehead atoms. The van der Waals surface area contributed by atoms with E-state index >= 15 is 0 Å². The normalized spacial score (nSPS) is 33.1. The number of aliphatic hydroxyl groups excluding tert-OH is 1. The van der Waals surface area contributed by atoms with Crippen LogP contribution in [0.2, 0.25) is 0 Å². The topological polar surface area (TPSA) is 72.8 Å². The number of benzene rings is 2. The van der Waals surface area contributed by atoms with Crippen LogP contribution in [0, 0.1) is 40.4 Å². The van der Waals surface area contributed by atoms with Gasteiger partial charge in [0.2, 0.25) is 0 Å². The SMILES string of the molecule is CC(C)[C@@H](CC[C@@H](C)[C@H]1CC[C@H]2C3=CC=C4C[C@@H](OC(=O)c5ccccc5)C[C@H](O)[C@]4(C)[C@H]3CC[C@]12C)OC(=O)c1ccccc1. The lowest BCUT2D eigenvalue weighted by molar-refractivity contribution is -0.0613. The standard InChI is InChI=1S/C41H52O5/c1-26(2)36(46-39(44)29-14-10-7-11-15-29)21-16-27(3)33-19-20-34-32-18-17-30-24-31(45-38(43)28-12-8-6-9-13-28)25-37(42)41(30,5)35(32)22-23-40(33,34)4/h6-15,17-18,26-27,31,33-37,42H,16,19-25H2,1-5H3/t27-,31-,33-,34+,35+,36-,37+,40-,41+/m1/s1. The molecule has 0 aromatic heterocycles. The van der Waals surface area contributed by atoms with Crippen LogP contribution in [0.15, 0.2) is 84.0 Å². The summed E-state index contributed by atoms with van der Waals surface area (Å²) in [6.07, 6.45) is 11.4. The van der Waals surface area contributed by atoms with Crippen molar-refractivity contribution in [1.29, 1.82) is 0 Å². The number of carbonyl (C=O) groups is 2. The van der Waals surface area contributed by atoms with Gasteiger partial charge in [-0.15, -0.1) is 0 Å². The van der Waals surface area contributed by atoms with E-state index in [1.807, 2.05) is 48.5 Å². The zero-order valence-corrected chi connectivity index (χ0v) is 28.3. The molecular weight excluding hydrogens is 572 g/mol. The minimum absolute atomic E-state index is 0.0935. The van der Waals surface area contributed by atoms with Gasteiger partial charge >= 0.3 is 11.9 Å². The molecule has 46 heavy (non-hydrogen) atoms. The summed E-state index contributed by atoms with van der Waals surface area (Å²) in [6, 6.07) is 18.4. The van der Waals surface area contributed by atoms with E-state index in [1.54, 1.807) is 12.1 Å². The first-order chi connectivity index (χ1) is 22.0. The van der Waals surface area contributed by atoms with Crippen molar-refractivity contribution in [3.8, 4) is 0 Å². The number of esters is 2. The zero-order chi connectivity index (χ0) is 32.6. The summed E-state index contributed by atoms with van der Waals surface area (Å²) in [5.41, 5.74) is 3.83. The van der Waals surface area contributed by atoms with E-state index in [9.17, 15) is 14.7 Å². The second kappa shape index (κ2) is 13.1. The lowest BCUT2D eigenvalue weighted by Gasteiger charge is -2.56. The van der Waals surface area contributed by atoms with Crippen LogP contribution in [0.1, 0.15) is 107 Å². The highest BCUT2D eigenvalue weighted by molar-refractivity contribution is 5.89. The van der Waals surface area contributed by atoms with Crippen molar-refractivity contribution in [2.24, 2.45) is 40.4 Å². The molecule has 2 aromatic carbocycles. The third-order valence-electron chi connectivity index (χ3n) is 12.6. The van der Waals surface area contributed by atoms with Gasteiger partial charge in [-0.25, -0.2) is 9.59 Å². The van der Waals surface area contributed by atoms with Crippen LogP contribution in [0.25, 0.3) is 0 Å². The Balaban J connectivity index is 1.12. The van der Waals surface area contributed by atoms with Crippen molar-refractivity contribution in [3.05, 3.63) is 95.1 Å². The maximum Gasteiger partial charge on any atom is 0.338 e. The van der Waals surface area contributed by atoms with Crippen LogP contribution < -0.4 is 0 Å². The Morgan fingerprint density at radius 3 is 2.15 bits per heavy atom. The van der Waals surface area contributed by atoms with Crippen LogP contribution in [-0.4, -0.2) is 35.4 Å². The average Bonchev–Trinajstić information content (AvgIpc) is 3.41. The molecule has 5 nitrogen and oxygen atoms in total. The molecule has 0 heterocycles. The number of hydrogen-bond acceptors (Lipinski definition) is 5. The van der Waals surface area contributed by atoms with E-state index in [0.717, 1.165) is 25.7 Å². The fourth-order valence-corrected chi connectivity index (χ4v) is 9.83. The molecule has 4 aliphatic rings. The molecule has 0 spiro atoms. The van der Waals surface area contributed by atoms with E-state index in [-0.39, 0.29) is 40.9 Å². The summed E-state index contributed by atoms with van der Waals surface area (Å²) >= 11 is 0. The van der Waals surface area contributed by atoms with E-state index < -0.39 is 6.10 Å². The van der Waals surface area contributed by atoms with E-state index in [1.165, 1.54) is 24.0 Å². The number of ether oxygens (including phenoxy) is 2. The fraction of sp³-hybridized carbons (Fsp3) is 0.561. The maximum absolute atomic E-state index is 12.8. The van der Waals surface area contributed by atoms with Gasteiger partial charge in [-0.1, -0.05) is 94.3 Å². The molecule has 0 aliphatic heterocycles. The Morgan fingerprint density at radius 1 is 0.848 bits per heavy atom. The zero-order valence-electron chi connectivity index (χ0n) is 28.3. The van der Waals surface area contributed by atoms with Crippen LogP contribution in [0.5, 0.6) is 0 Å². The van der Waals surface area contributed by atoms with Gasteiger partial charge < -0.3 is 14.6 Å². The van der Waals surface area contributed by atoms with Gasteiger partial charge in [0.1, 0.15) is 12.2 Å². The van der Waals surface area contributed by atoms with E-state index in [2.05, 4.69) is 46.8 Å². The second-order valence-corrected chi connectivity index (χ2v) is 15.4. The summed E-state index contributed by atoms with van der Waals surface area (Å²) in [5, 5.41) is 11.7. The number of fused-ring (bicyclic) bond motifs is 5. The predicted octanol–water partition coefficient (Wildman–Crippen LogP) is 8.98. The second-order valence-electron chi connectivity index (χ2n) is 15.4. The maximum atomic E-state index is 12.8. The molecule has 6 rings (SSSR count). The summed E-state index contributed by atoms with van der Waals surface area (Å²) in [7, 11) is 0. The molecule has 0 amide bonds. The number of allylic oxidation sites excluding steroid dienone is 3. The third-order valence-corrected chi connectivity index (χ3v) is 12.6.